The molecule has 0 aliphatic heterocycles. The molecule has 6 heteroatoms. The minimum atomic E-state index is -0.455. The summed E-state index contributed by atoms with van der Waals surface area (Å²) in [6, 6.07) is 7.21. The third kappa shape index (κ3) is 3.16. The Balaban J connectivity index is 2.42. The lowest BCUT2D eigenvalue weighted by atomic mass is 10.2. The summed E-state index contributed by atoms with van der Waals surface area (Å²) in [5.74, 6) is 0.724. The van der Waals surface area contributed by atoms with Crippen molar-refractivity contribution in [2.24, 2.45) is 0 Å². The van der Waals surface area contributed by atoms with E-state index in [9.17, 15) is 9.59 Å². The average molecular weight is 289 g/mol. The molecule has 0 spiro atoms. The Labute approximate surface area is 122 Å². The molecule has 1 aromatic carbocycles. The normalized spacial score (nSPS) is 10.6. The molecule has 2 rings (SSSR count). The number of benzene rings is 1. The van der Waals surface area contributed by atoms with Crippen LogP contribution in [0, 0.1) is 0 Å². The van der Waals surface area contributed by atoms with Crippen molar-refractivity contribution < 1.29 is 4.74 Å². The fourth-order valence-electron chi connectivity index (χ4n) is 2.13. The van der Waals surface area contributed by atoms with Gasteiger partial charge >= 0.3 is 5.69 Å². The lowest BCUT2D eigenvalue weighted by Crippen LogP contribution is -2.40. The summed E-state index contributed by atoms with van der Waals surface area (Å²) in [5.41, 5.74) is 5.83. The van der Waals surface area contributed by atoms with E-state index in [1.54, 1.807) is 19.2 Å². The number of methoxy groups -OCH3 is 1. The van der Waals surface area contributed by atoms with Gasteiger partial charge in [0, 0.05) is 12.7 Å². The summed E-state index contributed by atoms with van der Waals surface area (Å²) in [5, 5.41) is 0. The van der Waals surface area contributed by atoms with Gasteiger partial charge in [-0.05, 0) is 24.1 Å². The molecule has 0 unspecified atom stereocenters. The Morgan fingerprint density at radius 3 is 2.43 bits per heavy atom. The highest BCUT2D eigenvalue weighted by molar-refractivity contribution is 5.32. The summed E-state index contributed by atoms with van der Waals surface area (Å²) in [6.07, 6.45) is 2.21. The second-order valence-electron chi connectivity index (χ2n) is 4.80. The SMILES string of the molecule is CCCn1cc(N)c(=O)n(Cc2ccc(OC)cc2)c1=O. The predicted molar refractivity (Wildman–Crippen MR) is 81.8 cm³/mol. The van der Waals surface area contributed by atoms with Gasteiger partial charge < -0.3 is 10.5 Å². The zero-order valence-corrected chi connectivity index (χ0v) is 12.2. The van der Waals surface area contributed by atoms with Crippen LogP contribution in [0.2, 0.25) is 0 Å². The summed E-state index contributed by atoms with van der Waals surface area (Å²) in [4.78, 5) is 24.4. The molecule has 0 bridgehead atoms. The molecule has 0 aliphatic rings. The van der Waals surface area contributed by atoms with Crippen LogP contribution in [0.1, 0.15) is 18.9 Å². The third-order valence-electron chi connectivity index (χ3n) is 3.23. The van der Waals surface area contributed by atoms with Crippen LogP contribution in [0.4, 0.5) is 5.69 Å². The van der Waals surface area contributed by atoms with Crippen molar-refractivity contribution in [3.8, 4) is 5.75 Å². The predicted octanol–water partition coefficient (Wildman–Crippen LogP) is 1.06. The number of hydrogen-bond acceptors (Lipinski definition) is 4. The lowest BCUT2D eigenvalue weighted by Gasteiger charge is -2.11. The molecule has 2 aromatic rings. The fraction of sp³-hybridized carbons (Fsp3) is 0.333. The van der Waals surface area contributed by atoms with Crippen molar-refractivity contribution in [2.45, 2.75) is 26.4 Å². The van der Waals surface area contributed by atoms with E-state index in [1.807, 2.05) is 19.1 Å². The van der Waals surface area contributed by atoms with E-state index in [0.717, 1.165) is 22.3 Å². The Hall–Kier alpha value is -2.50. The monoisotopic (exact) mass is 289 g/mol. The first-order valence-electron chi connectivity index (χ1n) is 6.79. The number of nitrogen functional groups attached to an aromatic ring is 1. The highest BCUT2D eigenvalue weighted by atomic mass is 16.5. The number of nitrogens with zero attached hydrogens (tertiary/aromatic N) is 2. The van der Waals surface area contributed by atoms with Crippen LogP contribution < -0.4 is 21.7 Å². The van der Waals surface area contributed by atoms with E-state index in [1.165, 1.54) is 10.8 Å². The molecule has 21 heavy (non-hydrogen) atoms. The van der Waals surface area contributed by atoms with Gasteiger partial charge in [-0.3, -0.25) is 13.9 Å². The van der Waals surface area contributed by atoms with Crippen molar-refractivity contribution in [3.05, 3.63) is 56.9 Å². The molecule has 0 atom stereocenters. The number of aromatic nitrogens is 2. The van der Waals surface area contributed by atoms with Gasteiger partial charge in [0.1, 0.15) is 11.4 Å². The van der Waals surface area contributed by atoms with E-state index in [0.29, 0.717) is 6.54 Å². The maximum absolute atomic E-state index is 12.3. The summed E-state index contributed by atoms with van der Waals surface area (Å²) >= 11 is 0. The summed E-state index contributed by atoms with van der Waals surface area (Å²) in [6.45, 7) is 2.68. The molecule has 1 heterocycles. The van der Waals surface area contributed by atoms with Crippen molar-refractivity contribution in [3.63, 3.8) is 0 Å². The molecule has 0 amide bonds. The van der Waals surface area contributed by atoms with Crippen LogP contribution in [0.3, 0.4) is 0 Å². The summed E-state index contributed by atoms with van der Waals surface area (Å²) in [7, 11) is 1.58. The number of ether oxygens (including phenoxy) is 1. The Bertz CT molecular complexity index is 729. The molecule has 0 fully saturated rings. The standard InChI is InChI=1S/C15H19N3O3/c1-3-8-17-10-13(16)14(19)18(15(17)20)9-11-4-6-12(21-2)7-5-11/h4-7,10H,3,8-9,16H2,1-2H3. The molecule has 0 saturated heterocycles. The van der Waals surface area contributed by atoms with E-state index in [-0.39, 0.29) is 17.9 Å². The molecule has 0 aliphatic carbocycles. The molecule has 0 radical (unpaired) electrons. The van der Waals surface area contributed by atoms with Crippen molar-refractivity contribution in [2.75, 3.05) is 12.8 Å². The Kier molecular flexibility index (Phi) is 4.47. The number of anilines is 1. The first-order valence-corrected chi connectivity index (χ1v) is 6.79. The van der Waals surface area contributed by atoms with Crippen molar-refractivity contribution >= 4 is 5.69 Å². The van der Waals surface area contributed by atoms with Crippen LogP contribution >= 0.6 is 0 Å². The van der Waals surface area contributed by atoms with E-state index < -0.39 is 5.56 Å². The number of rotatable bonds is 5. The van der Waals surface area contributed by atoms with Crippen LogP contribution in [-0.4, -0.2) is 16.2 Å². The highest BCUT2D eigenvalue weighted by Gasteiger charge is 2.09. The number of nitrogens with two attached hydrogens (primary N) is 1. The maximum Gasteiger partial charge on any atom is 0.331 e. The van der Waals surface area contributed by atoms with Gasteiger partial charge in [-0.2, -0.15) is 0 Å². The molecule has 1 aromatic heterocycles. The minimum Gasteiger partial charge on any atom is -0.497 e. The number of hydrogen-bond donors (Lipinski definition) is 1. The second kappa shape index (κ2) is 6.30. The largest absolute Gasteiger partial charge is 0.497 e. The quantitative estimate of drug-likeness (QED) is 0.892. The van der Waals surface area contributed by atoms with E-state index >= 15 is 0 Å². The lowest BCUT2D eigenvalue weighted by molar-refractivity contribution is 0.414. The van der Waals surface area contributed by atoms with Gasteiger partial charge in [-0.1, -0.05) is 19.1 Å². The topological polar surface area (TPSA) is 79.2 Å². The van der Waals surface area contributed by atoms with Gasteiger partial charge in [-0.25, -0.2) is 4.79 Å². The van der Waals surface area contributed by atoms with Gasteiger partial charge in [0.2, 0.25) is 0 Å². The zero-order chi connectivity index (χ0) is 15.4. The van der Waals surface area contributed by atoms with Crippen LogP contribution in [0.25, 0.3) is 0 Å². The van der Waals surface area contributed by atoms with Gasteiger partial charge in [-0.15, -0.1) is 0 Å². The first-order chi connectivity index (χ1) is 10.1. The van der Waals surface area contributed by atoms with Crippen molar-refractivity contribution in [1.82, 2.24) is 9.13 Å². The number of aryl methyl sites for hydroxylation is 1. The smallest absolute Gasteiger partial charge is 0.331 e. The average Bonchev–Trinajstić information content (AvgIpc) is 2.50. The molecule has 112 valence electrons. The van der Waals surface area contributed by atoms with Gasteiger partial charge in [0.05, 0.1) is 13.7 Å². The second-order valence-corrected chi connectivity index (χ2v) is 4.80. The van der Waals surface area contributed by atoms with Crippen molar-refractivity contribution in [1.29, 1.82) is 0 Å². The van der Waals surface area contributed by atoms with Crippen LogP contribution in [-0.2, 0) is 13.1 Å². The molecule has 0 saturated carbocycles. The van der Waals surface area contributed by atoms with E-state index in [2.05, 4.69) is 0 Å². The highest BCUT2D eigenvalue weighted by Crippen LogP contribution is 2.11. The first kappa shape index (κ1) is 14.9. The van der Waals surface area contributed by atoms with Crippen LogP contribution in [0.5, 0.6) is 5.75 Å². The van der Waals surface area contributed by atoms with Crippen LogP contribution in [0.15, 0.2) is 40.1 Å². The fourth-order valence-corrected chi connectivity index (χ4v) is 2.13. The zero-order valence-electron chi connectivity index (χ0n) is 12.2. The minimum absolute atomic E-state index is 0.0801. The Morgan fingerprint density at radius 2 is 1.86 bits per heavy atom. The molecule has 6 nitrogen and oxygen atoms in total. The van der Waals surface area contributed by atoms with E-state index in [4.69, 9.17) is 10.5 Å². The van der Waals surface area contributed by atoms with Gasteiger partial charge in [0.25, 0.3) is 5.56 Å². The molecular weight excluding hydrogens is 270 g/mol. The Morgan fingerprint density at radius 1 is 1.19 bits per heavy atom. The third-order valence-corrected chi connectivity index (χ3v) is 3.23. The molecular formula is C15H19N3O3. The van der Waals surface area contributed by atoms with Gasteiger partial charge in [0.15, 0.2) is 0 Å². The maximum atomic E-state index is 12.3. The summed E-state index contributed by atoms with van der Waals surface area (Å²) < 4.78 is 7.71. The molecule has 2 N–H and O–H groups in total.